The van der Waals surface area contributed by atoms with Crippen LogP contribution in [0.25, 0.3) is 0 Å². The molecule has 19 heavy (non-hydrogen) atoms. The molecule has 3 N–H and O–H groups in total. The predicted molar refractivity (Wildman–Crippen MR) is 75.8 cm³/mol. The molecule has 2 aromatic rings. The molecule has 0 unspecified atom stereocenters. The summed E-state index contributed by atoms with van der Waals surface area (Å²) in [6, 6.07) is 6.77. The largest absolute Gasteiger partial charge is 0.478 e. The van der Waals surface area contributed by atoms with Crippen LogP contribution in [0.1, 0.15) is 21.9 Å². The lowest BCUT2D eigenvalue weighted by atomic mass is 10.2. The summed E-state index contributed by atoms with van der Waals surface area (Å²) in [5.41, 5.74) is 6.51. The van der Waals surface area contributed by atoms with E-state index in [1.807, 2.05) is 0 Å². The molecular weight excluding hydrogens is 286 g/mol. The van der Waals surface area contributed by atoms with Crippen LogP contribution in [-0.2, 0) is 5.75 Å². The van der Waals surface area contributed by atoms with Crippen molar-refractivity contribution in [2.75, 3.05) is 5.73 Å². The number of aromatic carboxylic acids is 1. The van der Waals surface area contributed by atoms with Crippen molar-refractivity contribution < 1.29 is 14.3 Å². The van der Waals surface area contributed by atoms with E-state index in [0.29, 0.717) is 28.0 Å². The number of aryl methyl sites for hydroxylation is 1. The Morgan fingerprint density at radius 3 is 2.84 bits per heavy atom. The van der Waals surface area contributed by atoms with Crippen LogP contribution in [0.15, 0.2) is 33.6 Å². The van der Waals surface area contributed by atoms with Crippen LogP contribution in [0.4, 0.5) is 5.69 Å². The van der Waals surface area contributed by atoms with E-state index in [9.17, 15) is 4.79 Å². The van der Waals surface area contributed by atoms with Gasteiger partial charge in [0.1, 0.15) is 17.1 Å². The minimum absolute atomic E-state index is 0.189. The standard InChI is InChI=1S/C13H12ClNO3S/c1-7-10(13(16)17)5-9(18-7)6-19-12-4-8(15)2-3-11(12)14/h2-5H,6,15H2,1H3,(H,16,17). The number of halogens is 1. The van der Waals surface area contributed by atoms with Crippen molar-refractivity contribution in [3.8, 4) is 0 Å². The summed E-state index contributed by atoms with van der Waals surface area (Å²) in [6.45, 7) is 1.63. The molecule has 1 aromatic heterocycles. The molecule has 1 aromatic carbocycles. The minimum Gasteiger partial charge on any atom is -0.478 e. The number of furan rings is 1. The van der Waals surface area contributed by atoms with Gasteiger partial charge in [0.25, 0.3) is 0 Å². The van der Waals surface area contributed by atoms with Crippen molar-refractivity contribution in [3.63, 3.8) is 0 Å². The van der Waals surface area contributed by atoms with Crippen molar-refractivity contribution in [1.82, 2.24) is 0 Å². The van der Waals surface area contributed by atoms with E-state index in [1.165, 1.54) is 17.8 Å². The smallest absolute Gasteiger partial charge is 0.339 e. The Balaban J connectivity index is 2.12. The maximum Gasteiger partial charge on any atom is 0.339 e. The molecule has 1 heterocycles. The van der Waals surface area contributed by atoms with Gasteiger partial charge >= 0.3 is 5.97 Å². The Kier molecular flexibility index (Phi) is 4.07. The fourth-order valence-electron chi connectivity index (χ4n) is 1.61. The van der Waals surface area contributed by atoms with Crippen molar-refractivity contribution in [1.29, 1.82) is 0 Å². The molecule has 6 heteroatoms. The predicted octanol–water partition coefficient (Wildman–Crippen LogP) is 3.81. The molecule has 0 saturated heterocycles. The van der Waals surface area contributed by atoms with Crippen molar-refractivity contribution in [2.24, 2.45) is 0 Å². The zero-order valence-corrected chi connectivity index (χ0v) is 11.7. The zero-order valence-electron chi connectivity index (χ0n) is 10.1. The third kappa shape index (κ3) is 3.24. The summed E-state index contributed by atoms with van der Waals surface area (Å²) in [6.07, 6.45) is 0. The van der Waals surface area contributed by atoms with Crippen LogP contribution < -0.4 is 5.73 Å². The number of hydrogen-bond donors (Lipinski definition) is 2. The molecule has 4 nitrogen and oxygen atoms in total. The van der Waals surface area contributed by atoms with Gasteiger partial charge in [-0.3, -0.25) is 0 Å². The van der Waals surface area contributed by atoms with E-state index in [4.69, 9.17) is 26.9 Å². The monoisotopic (exact) mass is 297 g/mol. The molecule has 0 aliphatic carbocycles. The molecule has 0 radical (unpaired) electrons. The van der Waals surface area contributed by atoms with Crippen molar-refractivity contribution in [3.05, 3.63) is 46.4 Å². The van der Waals surface area contributed by atoms with Crippen LogP contribution in [-0.4, -0.2) is 11.1 Å². The first kappa shape index (κ1) is 13.8. The number of nitrogens with two attached hydrogens (primary N) is 1. The molecule has 0 aliphatic rings. The topological polar surface area (TPSA) is 76.5 Å². The summed E-state index contributed by atoms with van der Waals surface area (Å²) in [5, 5.41) is 9.55. The molecule has 0 atom stereocenters. The summed E-state index contributed by atoms with van der Waals surface area (Å²) in [5.74, 6) is 0.511. The second-order valence-corrected chi connectivity index (χ2v) is 5.39. The van der Waals surface area contributed by atoms with E-state index < -0.39 is 5.97 Å². The van der Waals surface area contributed by atoms with Gasteiger partial charge < -0.3 is 15.3 Å². The molecule has 0 fully saturated rings. The van der Waals surface area contributed by atoms with Crippen LogP contribution in [0.3, 0.4) is 0 Å². The lowest BCUT2D eigenvalue weighted by molar-refractivity contribution is 0.0695. The highest BCUT2D eigenvalue weighted by Gasteiger charge is 2.14. The Morgan fingerprint density at radius 1 is 1.47 bits per heavy atom. The third-order valence-electron chi connectivity index (χ3n) is 2.52. The lowest BCUT2D eigenvalue weighted by Crippen LogP contribution is -1.94. The van der Waals surface area contributed by atoms with Gasteiger partial charge in [-0.15, -0.1) is 11.8 Å². The average molecular weight is 298 g/mol. The molecule has 0 amide bonds. The molecule has 100 valence electrons. The molecule has 2 rings (SSSR count). The summed E-state index contributed by atoms with van der Waals surface area (Å²) in [4.78, 5) is 11.7. The Morgan fingerprint density at radius 2 is 2.21 bits per heavy atom. The summed E-state index contributed by atoms with van der Waals surface area (Å²) in [7, 11) is 0. The molecular formula is C13H12ClNO3S. The Labute approximate surface area is 119 Å². The Hall–Kier alpha value is -1.59. The molecule has 0 aliphatic heterocycles. The fraction of sp³-hybridized carbons (Fsp3) is 0.154. The lowest BCUT2D eigenvalue weighted by Gasteiger charge is -2.03. The quantitative estimate of drug-likeness (QED) is 0.663. The summed E-state index contributed by atoms with van der Waals surface area (Å²) >= 11 is 7.50. The number of thioether (sulfide) groups is 1. The van der Waals surface area contributed by atoms with Crippen molar-refractivity contribution >= 4 is 35.0 Å². The van der Waals surface area contributed by atoms with E-state index >= 15 is 0 Å². The highest BCUT2D eigenvalue weighted by molar-refractivity contribution is 7.98. The first-order valence-electron chi connectivity index (χ1n) is 5.48. The number of carboxylic acids is 1. The number of hydrogen-bond acceptors (Lipinski definition) is 4. The highest BCUT2D eigenvalue weighted by Crippen LogP contribution is 2.32. The maximum atomic E-state index is 10.9. The second-order valence-electron chi connectivity index (χ2n) is 3.97. The Bertz CT molecular complexity index is 624. The van der Waals surface area contributed by atoms with Crippen molar-refractivity contribution in [2.45, 2.75) is 17.6 Å². The number of benzene rings is 1. The van der Waals surface area contributed by atoms with Gasteiger partial charge in [-0.25, -0.2) is 4.79 Å². The normalized spacial score (nSPS) is 10.6. The van der Waals surface area contributed by atoms with Gasteiger partial charge in [0.05, 0.1) is 10.8 Å². The first-order chi connectivity index (χ1) is 8.97. The van der Waals surface area contributed by atoms with E-state index in [-0.39, 0.29) is 5.56 Å². The number of carbonyl (C=O) groups is 1. The van der Waals surface area contributed by atoms with Gasteiger partial charge in [-0.2, -0.15) is 0 Å². The van der Waals surface area contributed by atoms with Gasteiger partial charge in [0.15, 0.2) is 0 Å². The third-order valence-corrected chi connectivity index (χ3v) is 4.04. The molecule has 0 spiro atoms. The highest BCUT2D eigenvalue weighted by atomic mass is 35.5. The number of carboxylic acid groups (broad SMARTS) is 1. The summed E-state index contributed by atoms with van der Waals surface area (Å²) < 4.78 is 5.39. The zero-order chi connectivity index (χ0) is 14.0. The van der Waals surface area contributed by atoms with E-state index in [2.05, 4.69) is 0 Å². The first-order valence-corrected chi connectivity index (χ1v) is 6.84. The second kappa shape index (κ2) is 5.59. The van der Waals surface area contributed by atoms with Crippen LogP contribution >= 0.6 is 23.4 Å². The van der Waals surface area contributed by atoms with Gasteiger partial charge in [0.2, 0.25) is 0 Å². The molecule has 0 saturated carbocycles. The number of rotatable bonds is 4. The van der Waals surface area contributed by atoms with Gasteiger partial charge in [-0.1, -0.05) is 11.6 Å². The van der Waals surface area contributed by atoms with E-state index in [0.717, 1.165) is 4.90 Å². The van der Waals surface area contributed by atoms with Gasteiger partial charge in [0, 0.05) is 10.6 Å². The average Bonchev–Trinajstić information content (AvgIpc) is 2.72. The van der Waals surface area contributed by atoms with Crippen LogP contribution in [0.2, 0.25) is 5.02 Å². The van der Waals surface area contributed by atoms with Crippen LogP contribution in [0, 0.1) is 6.92 Å². The van der Waals surface area contributed by atoms with Gasteiger partial charge in [-0.05, 0) is 31.2 Å². The fourth-order valence-corrected chi connectivity index (χ4v) is 2.75. The number of nitrogen functional groups attached to an aromatic ring is 1. The number of anilines is 1. The minimum atomic E-state index is -0.987. The maximum absolute atomic E-state index is 10.9. The molecule has 0 bridgehead atoms. The van der Waals surface area contributed by atoms with Crippen LogP contribution in [0.5, 0.6) is 0 Å². The van der Waals surface area contributed by atoms with E-state index in [1.54, 1.807) is 25.1 Å². The SMILES string of the molecule is Cc1oc(CSc2cc(N)ccc2Cl)cc1C(=O)O.